The predicted octanol–water partition coefficient (Wildman–Crippen LogP) is 9.83. The summed E-state index contributed by atoms with van der Waals surface area (Å²) >= 11 is 6.37. The summed E-state index contributed by atoms with van der Waals surface area (Å²) in [6.07, 6.45) is 15.6. The molecule has 2 aliphatic carbocycles. The highest BCUT2D eigenvalue weighted by atomic mass is 35.5. The van der Waals surface area contributed by atoms with Crippen LogP contribution in [0.3, 0.4) is 0 Å². The van der Waals surface area contributed by atoms with Crippen LogP contribution in [0.4, 0.5) is 31.8 Å². The maximum atomic E-state index is 14.8. The topological polar surface area (TPSA) is 128 Å². The molecule has 378 valence electrons. The Morgan fingerprint density at radius 3 is 2.31 bits per heavy atom. The van der Waals surface area contributed by atoms with Crippen molar-refractivity contribution in [3.05, 3.63) is 87.8 Å². The summed E-state index contributed by atoms with van der Waals surface area (Å²) in [6, 6.07) is 16.5. The molecule has 0 radical (unpaired) electrons. The van der Waals surface area contributed by atoms with E-state index < -0.39 is 6.43 Å². The minimum atomic E-state index is -2.64. The number of hydrogen-bond donors (Lipinski definition) is 0. The average molecular weight is 1000 g/mol. The molecule has 2 saturated carbocycles. The van der Waals surface area contributed by atoms with E-state index in [1.165, 1.54) is 18.5 Å². The van der Waals surface area contributed by atoms with E-state index in [0.717, 1.165) is 150 Å². The number of rotatable bonds is 9. The Bertz CT molecular complexity index is 2870. The number of likely N-dealkylation sites (tertiary alicyclic amines) is 1. The smallest absolute Gasteiger partial charge is 0.264 e. The first-order valence-electron chi connectivity index (χ1n) is 26.4. The van der Waals surface area contributed by atoms with E-state index in [1.54, 1.807) is 37.1 Å². The zero-order chi connectivity index (χ0) is 49.3. The number of aromatic nitrogens is 6. The monoisotopic (exact) mass is 999 g/mol. The Morgan fingerprint density at radius 2 is 1.62 bits per heavy atom. The number of aryl methyl sites for hydroxylation is 2. The highest BCUT2D eigenvalue weighted by Gasteiger charge is 2.48. The molecular formula is C55H65ClF2N12O2. The number of benzene rings is 2. The predicted molar refractivity (Wildman–Crippen MR) is 273 cm³/mol. The molecule has 2 aromatic carbocycles. The van der Waals surface area contributed by atoms with Gasteiger partial charge in [-0.25, -0.2) is 8.78 Å². The van der Waals surface area contributed by atoms with Gasteiger partial charge in [0.2, 0.25) is 11.8 Å². The van der Waals surface area contributed by atoms with Crippen molar-refractivity contribution < 1.29 is 18.3 Å². The number of nitriles is 1. The average Bonchev–Trinajstić information content (AvgIpc) is 4.13. The fraction of sp³-hybridized carbons (Fsp3) is 0.564. The van der Waals surface area contributed by atoms with Crippen LogP contribution in [0.15, 0.2) is 54.9 Å². The van der Waals surface area contributed by atoms with Crippen molar-refractivity contribution in [2.24, 2.45) is 17.9 Å². The number of carbonyl (C=O) groups is 1. The second-order valence-electron chi connectivity index (χ2n) is 22.2. The first kappa shape index (κ1) is 47.2. The number of halogens is 3. The number of alkyl halides is 2. The lowest BCUT2D eigenvalue weighted by molar-refractivity contribution is -0.129. The Kier molecular flexibility index (Phi) is 12.4. The summed E-state index contributed by atoms with van der Waals surface area (Å²) in [5, 5.41) is 28.7. The largest absolute Gasteiger partial charge is 0.473 e. The molecule has 1 amide bonds. The summed E-state index contributed by atoms with van der Waals surface area (Å²) < 4.78 is 40.0. The molecule has 8 heterocycles. The van der Waals surface area contributed by atoms with Gasteiger partial charge in [-0.1, -0.05) is 11.6 Å². The summed E-state index contributed by atoms with van der Waals surface area (Å²) in [7, 11) is 1.80. The van der Waals surface area contributed by atoms with Gasteiger partial charge in [-0.15, -0.1) is 10.2 Å². The lowest BCUT2D eigenvalue weighted by atomic mass is 9.61. The van der Waals surface area contributed by atoms with Crippen LogP contribution in [0.1, 0.15) is 124 Å². The van der Waals surface area contributed by atoms with Gasteiger partial charge < -0.3 is 29.2 Å². The quantitative estimate of drug-likeness (QED) is 0.140. The molecule has 0 bridgehead atoms. The van der Waals surface area contributed by atoms with Gasteiger partial charge >= 0.3 is 0 Å². The number of hydrogen-bond acceptors (Lipinski definition) is 11. The highest BCUT2D eigenvalue weighted by molar-refractivity contribution is 6.32. The van der Waals surface area contributed by atoms with E-state index in [2.05, 4.69) is 51.7 Å². The van der Waals surface area contributed by atoms with Crippen molar-refractivity contribution in [1.29, 1.82) is 5.26 Å². The van der Waals surface area contributed by atoms with Crippen LogP contribution < -0.4 is 19.4 Å². The summed E-state index contributed by atoms with van der Waals surface area (Å²) in [5.41, 5.74) is 7.56. The van der Waals surface area contributed by atoms with Crippen LogP contribution in [-0.2, 0) is 31.2 Å². The number of ether oxygens (including phenoxy) is 1. The van der Waals surface area contributed by atoms with Crippen LogP contribution in [0, 0.1) is 22.2 Å². The molecule has 72 heavy (non-hydrogen) atoms. The SMILES string of the molecule is CC(=O)N1CCc2c(c(N3CCCc4cc(-c5cnn(C)c5)c(C(F)F)cc43)nn2C2CCC(N3CCC4(CC3)CC(Oc3ccc(N5CCC6(CCN(c7ccc(C#N)c(Cl)c7)C6)CC5)nn3)C4)CC2)C1. The van der Waals surface area contributed by atoms with Crippen LogP contribution in [0.5, 0.6) is 5.88 Å². The highest BCUT2D eigenvalue weighted by Crippen LogP contribution is 2.52. The van der Waals surface area contributed by atoms with Crippen molar-refractivity contribution >= 4 is 40.5 Å². The second kappa shape index (κ2) is 18.9. The molecule has 7 aliphatic rings. The van der Waals surface area contributed by atoms with Crippen molar-refractivity contribution in [2.45, 2.75) is 128 Å². The van der Waals surface area contributed by atoms with Crippen molar-refractivity contribution in [3.63, 3.8) is 0 Å². The molecule has 3 saturated heterocycles. The zero-order valence-electron chi connectivity index (χ0n) is 41.6. The Labute approximate surface area is 425 Å². The summed E-state index contributed by atoms with van der Waals surface area (Å²) in [5.74, 6) is 2.40. The lowest BCUT2D eigenvalue weighted by Crippen LogP contribution is -2.53. The molecule has 12 rings (SSSR count). The van der Waals surface area contributed by atoms with Gasteiger partial charge in [-0.2, -0.15) is 15.5 Å². The van der Waals surface area contributed by atoms with Crippen LogP contribution in [0.25, 0.3) is 11.1 Å². The fourth-order valence-corrected chi connectivity index (χ4v) is 14.0. The molecule has 17 heteroatoms. The van der Waals surface area contributed by atoms with Crippen LogP contribution in [0.2, 0.25) is 5.02 Å². The van der Waals surface area contributed by atoms with Gasteiger partial charge in [-0.3, -0.25) is 14.2 Å². The van der Waals surface area contributed by atoms with E-state index >= 15 is 0 Å². The summed E-state index contributed by atoms with van der Waals surface area (Å²) in [6.45, 7) is 9.61. The third-order valence-electron chi connectivity index (χ3n) is 18.0. The van der Waals surface area contributed by atoms with Gasteiger partial charge in [0.1, 0.15) is 12.2 Å². The van der Waals surface area contributed by atoms with Crippen molar-refractivity contribution in [3.8, 4) is 23.1 Å². The first-order chi connectivity index (χ1) is 34.9. The molecule has 2 spiro atoms. The second-order valence-corrected chi connectivity index (χ2v) is 22.6. The zero-order valence-corrected chi connectivity index (χ0v) is 42.3. The standard InChI is InChI=1S/C55H65ClF2N12O2/c1-36(71)67-20-13-48-46(34-67)53(69-19-3-4-37-26-44(39-32-60-64(2)33-39)45(52(57)58)28-49(37)69)63-70(48)41-9-7-40(8-10-41)65-21-17-55(18-22-65)29-43(30-55)72-51-12-11-50(61-62-51)66-23-14-54(15-24-66)16-25-68(35-54)42-6-5-38(31-59)47(56)27-42/h5-6,11-12,26-28,32-33,40-41,43,52H,3-4,7-10,13-25,29-30,34-35H2,1-2H3. The minimum absolute atomic E-state index is 0.00493. The van der Waals surface area contributed by atoms with Gasteiger partial charge in [0, 0.05) is 112 Å². The maximum absolute atomic E-state index is 14.8. The number of amides is 1. The molecule has 14 nitrogen and oxygen atoms in total. The number of piperidine rings is 2. The van der Waals surface area contributed by atoms with E-state index in [-0.39, 0.29) is 29.0 Å². The van der Waals surface area contributed by atoms with Gasteiger partial charge in [0.25, 0.3) is 6.43 Å². The molecular weight excluding hydrogens is 934 g/mol. The number of nitrogens with zero attached hydrogens (tertiary/aromatic N) is 12. The van der Waals surface area contributed by atoms with Crippen molar-refractivity contribution in [1.82, 2.24) is 39.6 Å². The van der Waals surface area contributed by atoms with E-state index in [0.29, 0.717) is 58.7 Å². The molecule has 3 aromatic heterocycles. The van der Waals surface area contributed by atoms with Gasteiger partial charge in [0.05, 0.1) is 29.4 Å². The van der Waals surface area contributed by atoms with Gasteiger partial charge in [-0.05, 0) is 155 Å². The molecule has 5 aromatic rings. The van der Waals surface area contributed by atoms with E-state index in [1.807, 2.05) is 35.2 Å². The maximum Gasteiger partial charge on any atom is 0.264 e. The molecule has 0 unspecified atom stereocenters. The molecule has 0 atom stereocenters. The van der Waals surface area contributed by atoms with Gasteiger partial charge in [0.15, 0.2) is 11.6 Å². The van der Waals surface area contributed by atoms with Crippen molar-refractivity contribution in [2.75, 3.05) is 67.1 Å². The summed E-state index contributed by atoms with van der Waals surface area (Å²) in [4.78, 5) is 24.3. The number of fused-ring (bicyclic) bond motifs is 2. The first-order valence-corrected chi connectivity index (χ1v) is 26.8. The normalized spacial score (nSPS) is 23.1. The molecule has 0 N–H and O–H groups in total. The van der Waals surface area contributed by atoms with E-state index in [9.17, 15) is 18.8 Å². The van der Waals surface area contributed by atoms with Crippen LogP contribution in [-0.4, -0.2) is 110 Å². The molecule has 5 fully saturated rings. The lowest BCUT2D eigenvalue weighted by Gasteiger charge is -2.53. The number of anilines is 4. The number of carbonyl (C=O) groups excluding carboxylic acids is 1. The van der Waals surface area contributed by atoms with E-state index in [4.69, 9.17) is 21.4 Å². The van der Waals surface area contributed by atoms with Crippen LogP contribution >= 0.6 is 11.6 Å². The minimum Gasteiger partial charge on any atom is -0.473 e. The Hall–Kier alpha value is -5.79. The molecule has 5 aliphatic heterocycles. The Balaban J connectivity index is 0.635. The Morgan fingerprint density at radius 1 is 0.875 bits per heavy atom. The third kappa shape index (κ3) is 8.86. The fourth-order valence-electron chi connectivity index (χ4n) is 13.8. The third-order valence-corrected chi connectivity index (χ3v) is 18.3.